The van der Waals surface area contributed by atoms with Crippen LogP contribution < -0.4 is 5.32 Å². The summed E-state index contributed by atoms with van der Waals surface area (Å²) in [5.74, 6) is 0. The van der Waals surface area contributed by atoms with Gasteiger partial charge in [0.2, 0.25) is 5.60 Å². The highest BCUT2D eigenvalue weighted by Gasteiger charge is 2.64. The molecule has 0 bridgehead atoms. The summed E-state index contributed by atoms with van der Waals surface area (Å²) in [6.45, 7) is -1.15. The number of halogens is 7. The molecule has 3 nitrogen and oxygen atoms in total. The second kappa shape index (κ2) is 6.45. The van der Waals surface area contributed by atoms with E-state index in [0.717, 1.165) is 6.07 Å². The van der Waals surface area contributed by atoms with Crippen LogP contribution in [0.5, 0.6) is 0 Å². The SMILES string of the molecule is FC(F)(F)CCOC1(C(F)(F)F)C2=CCC=NC2Nc2ccc(Cl)cc21. The molecule has 0 saturated heterocycles. The van der Waals surface area contributed by atoms with Gasteiger partial charge in [0.05, 0.1) is 13.0 Å². The summed E-state index contributed by atoms with van der Waals surface area (Å²) in [5.41, 5.74) is -3.66. The highest BCUT2D eigenvalue weighted by Crippen LogP contribution is 2.55. The van der Waals surface area contributed by atoms with E-state index >= 15 is 0 Å². The first-order chi connectivity index (χ1) is 12.0. The molecule has 0 aliphatic carbocycles. The van der Waals surface area contributed by atoms with Crippen LogP contribution in [0.4, 0.5) is 32.0 Å². The second-order valence-electron chi connectivity index (χ2n) is 5.86. The Morgan fingerprint density at radius 2 is 1.96 bits per heavy atom. The Labute approximate surface area is 149 Å². The lowest BCUT2D eigenvalue weighted by atomic mass is 9.78. The monoisotopic (exact) mass is 398 g/mol. The molecule has 0 fully saturated rings. The zero-order chi connectivity index (χ0) is 19.2. The van der Waals surface area contributed by atoms with Crippen LogP contribution in [0.25, 0.3) is 0 Å². The van der Waals surface area contributed by atoms with Crippen molar-refractivity contribution in [1.29, 1.82) is 0 Å². The lowest BCUT2D eigenvalue weighted by Crippen LogP contribution is -2.54. The van der Waals surface area contributed by atoms with Crippen LogP contribution in [0, 0.1) is 0 Å². The fourth-order valence-electron chi connectivity index (χ4n) is 3.10. The standard InChI is InChI=1S/C16H13ClF6N2O/c17-9-3-4-12-11(8-9)15(16(21,22)23,26-7-5-14(18,19)20)10-2-1-6-24-13(10)25-12/h2-4,6,8,13,25H,1,5,7H2. The zero-order valence-corrected chi connectivity index (χ0v) is 13.8. The van der Waals surface area contributed by atoms with Crippen molar-refractivity contribution >= 4 is 23.5 Å². The molecule has 0 aromatic heterocycles. The first-order valence-electron chi connectivity index (χ1n) is 7.61. The number of rotatable bonds is 3. The van der Waals surface area contributed by atoms with Crippen molar-refractivity contribution in [3.63, 3.8) is 0 Å². The average Bonchev–Trinajstić information content (AvgIpc) is 2.52. The zero-order valence-electron chi connectivity index (χ0n) is 13.1. The molecule has 2 aliphatic heterocycles. The van der Waals surface area contributed by atoms with Crippen LogP contribution in [-0.2, 0) is 10.3 Å². The largest absolute Gasteiger partial charge is 0.425 e. The van der Waals surface area contributed by atoms with Gasteiger partial charge in [0.15, 0.2) is 0 Å². The van der Waals surface area contributed by atoms with Gasteiger partial charge < -0.3 is 10.1 Å². The van der Waals surface area contributed by atoms with E-state index in [9.17, 15) is 26.3 Å². The maximum Gasteiger partial charge on any atom is 0.425 e. The number of nitrogens with zero attached hydrogens (tertiary/aromatic N) is 1. The molecular formula is C16H13ClF6N2O. The smallest absolute Gasteiger partial charge is 0.360 e. The lowest BCUT2D eigenvalue weighted by molar-refractivity contribution is -0.276. The van der Waals surface area contributed by atoms with Crippen molar-refractivity contribution in [3.05, 3.63) is 40.4 Å². The number of alkyl halides is 6. The third kappa shape index (κ3) is 3.29. The maximum absolute atomic E-state index is 14.2. The Morgan fingerprint density at radius 1 is 1.23 bits per heavy atom. The van der Waals surface area contributed by atoms with Crippen molar-refractivity contribution in [2.24, 2.45) is 4.99 Å². The first kappa shape index (κ1) is 19.0. The molecule has 2 unspecified atom stereocenters. The number of anilines is 1. The van der Waals surface area contributed by atoms with E-state index < -0.39 is 37.1 Å². The van der Waals surface area contributed by atoms with Crippen LogP contribution in [0.2, 0.25) is 5.02 Å². The number of nitrogens with one attached hydrogen (secondary N) is 1. The third-order valence-electron chi connectivity index (χ3n) is 4.16. The highest BCUT2D eigenvalue weighted by molar-refractivity contribution is 6.30. The fourth-order valence-corrected chi connectivity index (χ4v) is 3.28. The number of benzene rings is 1. The molecule has 3 rings (SSSR count). The molecule has 0 spiro atoms. The van der Waals surface area contributed by atoms with Crippen molar-refractivity contribution in [2.45, 2.75) is 37.0 Å². The molecule has 2 aliphatic rings. The van der Waals surface area contributed by atoms with Gasteiger partial charge in [-0.3, -0.25) is 4.99 Å². The van der Waals surface area contributed by atoms with Gasteiger partial charge in [0.1, 0.15) is 6.17 Å². The van der Waals surface area contributed by atoms with Gasteiger partial charge in [-0.2, -0.15) is 26.3 Å². The summed E-state index contributed by atoms with van der Waals surface area (Å²) in [6.07, 6.45) is -9.43. The van der Waals surface area contributed by atoms with E-state index in [4.69, 9.17) is 16.3 Å². The average molecular weight is 399 g/mol. The molecule has 142 valence electrons. The topological polar surface area (TPSA) is 33.6 Å². The van der Waals surface area contributed by atoms with Gasteiger partial charge >= 0.3 is 12.4 Å². The normalized spacial score (nSPS) is 25.2. The molecule has 0 amide bonds. The van der Waals surface area contributed by atoms with Crippen molar-refractivity contribution in [3.8, 4) is 0 Å². The van der Waals surface area contributed by atoms with E-state index in [1.54, 1.807) is 0 Å². The van der Waals surface area contributed by atoms with Gasteiger partial charge in [0, 0.05) is 34.5 Å². The first-order valence-corrected chi connectivity index (χ1v) is 7.98. The highest BCUT2D eigenvalue weighted by atomic mass is 35.5. The summed E-state index contributed by atoms with van der Waals surface area (Å²) in [5, 5.41) is 2.84. The van der Waals surface area contributed by atoms with Gasteiger partial charge in [-0.15, -0.1) is 0 Å². The summed E-state index contributed by atoms with van der Waals surface area (Å²) in [7, 11) is 0. The van der Waals surface area contributed by atoms with E-state index in [1.807, 2.05) is 0 Å². The Morgan fingerprint density at radius 3 is 2.62 bits per heavy atom. The van der Waals surface area contributed by atoms with Crippen LogP contribution in [0.1, 0.15) is 18.4 Å². The van der Waals surface area contributed by atoms with Crippen molar-refractivity contribution < 1.29 is 31.1 Å². The Hall–Kier alpha value is -1.74. The molecule has 26 heavy (non-hydrogen) atoms. The predicted octanol–water partition coefficient (Wildman–Crippen LogP) is 5.22. The van der Waals surface area contributed by atoms with Crippen molar-refractivity contribution in [1.82, 2.24) is 0 Å². The number of fused-ring (bicyclic) bond motifs is 2. The summed E-state index contributed by atoms with van der Waals surface area (Å²) in [6, 6.07) is 3.76. The molecule has 2 heterocycles. The number of dihydropyridines is 1. The Kier molecular flexibility index (Phi) is 4.72. The minimum atomic E-state index is -5.02. The van der Waals surface area contributed by atoms with Gasteiger partial charge in [-0.1, -0.05) is 17.7 Å². The predicted molar refractivity (Wildman–Crippen MR) is 84.4 cm³/mol. The Balaban J connectivity index is 2.15. The van der Waals surface area contributed by atoms with Crippen LogP contribution in [0.3, 0.4) is 0 Å². The molecule has 10 heteroatoms. The maximum atomic E-state index is 14.2. The van der Waals surface area contributed by atoms with E-state index in [-0.39, 0.29) is 28.3 Å². The third-order valence-corrected chi connectivity index (χ3v) is 4.39. The van der Waals surface area contributed by atoms with Gasteiger partial charge in [-0.05, 0) is 18.2 Å². The quantitative estimate of drug-likeness (QED) is 0.559. The number of aliphatic imine (C=N–C) groups is 1. The molecule has 1 aromatic carbocycles. The minimum Gasteiger partial charge on any atom is -0.360 e. The molecule has 0 saturated carbocycles. The molecule has 1 N–H and O–H groups in total. The second-order valence-corrected chi connectivity index (χ2v) is 6.29. The van der Waals surface area contributed by atoms with Crippen molar-refractivity contribution in [2.75, 3.05) is 11.9 Å². The van der Waals surface area contributed by atoms with Crippen LogP contribution in [-0.4, -0.2) is 31.3 Å². The number of allylic oxidation sites excluding steroid dienone is 1. The molecule has 1 aromatic rings. The Bertz CT molecular complexity index is 758. The van der Waals surface area contributed by atoms with Crippen LogP contribution >= 0.6 is 11.6 Å². The van der Waals surface area contributed by atoms with E-state index in [0.29, 0.717) is 0 Å². The van der Waals surface area contributed by atoms with E-state index in [2.05, 4.69) is 10.3 Å². The molecular weight excluding hydrogens is 386 g/mol. The van der Waals surface area contributed by atoms with Crippen LogP contribution in [0.15, 0.2) is 34.8 Å². The number of ether oxygens (including phenoxy) is 1. The minimum absolute atomic E-state index is 0.0111. The number of hydrogen-bond donors (Lipinski definition) is 1. The van der Waals surface area contributed by atoms with Gasteiger partial charge in [0.25, 0.3) is 0 Å². The summed E-state index contributed by atoms with van der Waals surface area (Å²) in [4.78, 5) is 4.00. The fraction of sp³-hybridized carbons (Fsp3) is 0.438. The molecule has 2 atom stereocenters. The van der Waals surface area contributed by atoms with E-state index in [1.165, 1.54) is 24.4 Å². The molecule has 0 radical (unpaired) electrons. The summed E-state index contributed by atoms with van der Waals surface area (Å²) < 4.78 is 85.1. The summed E-state index contributed by atoms with van der Waals surface area (Å²) >= 11 is 5.86. The number of hydrogen-bond acceptors (Lipinski definition) is 3. The lowest BCUT2D eigenvalue weighted by Gasteiger charge is -2.45. The van der Waals surface area contributed by atoms with Gasteiger partial charge in [-0.25, -0.2) is 0 Å².